The Hall–Kier alpha value is 0.394. The summed E-state index contributed by atoms with van der Waals surface area (Å²) >= 11 is 0. The summed E-state index contributed by atoms with van der Waals surface area (Å²) in [6, 6.07) is 0. The van der Waals surface area contributed by atoms with E-state index in [1.165, 1.54) is 0 Å². The van der Waals surface area contributed by atoms with Crippen LogP contribution in [0.3, 0.4) is 0 Å². The summed E-state index contributed by atoms with van der Waals surface area (Å²) in [6.45, 7) is 22.3. The van der Waals surface area contributed by atoms with E-state index in [1.54, 1.807) is 0 Å². The van der Waals surface area contributed by atoms with Crippen LogP contribution < -0.4 is 0 Å². The number of hydrogen-bond acceptors (Lipinski definition) is 1. The Kier molecular flexibility index (Phi) is 7.26. The quantitative estimate of drug-likeness (QED) is 0.581. The second-order valence-electron chi connectivity index (χ2n) is 6.30. The third-order valence-electron chi connectivity index (χ3n) is 3.79. The molecule has 0 aliphatic rings. The van der Waals surface area contributed by atoms with Crippen LogP contribution in [0.2, 0.25) is 22.2 Å². The minimum atomic E-state index is -1.60. The molecule has 3 heteroatoms. The van der Waals surface area contributed by atoms with E-state index in [2.05, 4.69) is 62.3 Å². The smallest absolute Gasteiger partial charge is 0.182 e. The van der Waals surface area contributed by atoms with Crippen LogP contribution in [0.4, 0.5) is 0 Å². The van der Waals surface area contributed by atoms with Crippen molar-refractivity contribution in [1.29, 1.82) is 0 Å². The Morgan fingerprint density at radius 2 is 1.18 bits per heavy atom. The van der Waals surface area contributed by atoms with E-state index >= 15 is 0 Å². The molecule has 0 saturated carbocycles. The van der Waals surface area contributed by atoms with E-state index in [0.717, 1.165) is 28.8 Å². The van der Waals surface area contributed by atoms with Crippen molar-refractivity contribution in [2.24, 2.45) is 0 Å². The van der Waals surface area contributed by atoms with Crippen molar-refractivity contribution >= 4 is 16.1 Å². The molecule has 0 aromatic rings. The van der Waals surface area contributed by atoms with Crippen LogP contribution in [0.1, 0.15) is 62.3 Å². The average Bonchev–Trinajstić information content (AvgIpc) is 2.14. The Morgan fingerprint density at radius 1 is 0.824 bits per heavy atom. The van der Waals surface area contributed by atoms with E-state index in [1.807, 2.05) is 0 Å². The Bertz CT molecular complexity index is 196. The molecule has 0 saturated heterocycles. The lowest BCUT2D eigenvalue weighted by atomic mass is 10.5. The van der Waals surface area contributed by atoms with E-state index in [0.29, 0.717) is 0 Å². The molecule has 0 rings (SSSR count). The fourth-order valence-corrected chi connectivity index (χ4v) is 21.0. The molecule has 17 heavy (non-hydrogen) atoms. The summed E-state index contributed by atoms with van der Waals surface area (Å²) in [5.74, 6) is 0. The first-order valence-corrected chi connectivity index (χ1v) is 11.9. The van der Waals surface area contributed by atoms with Crippen molar-refractivity contribution in [3.63, 3.8) is 0 Å². The molecular weight excluding hydrogens is 240 g/mol. The minimum Gasteiger partial charge on any atom is -0.420 e. The van der Waals surface area contributed by atoms with E-state index < -0.39 is 16.1 Å². The van der Waals surface area contributed by atoms with Gasteiger partial charge in [-0.3, -0.25) is 0 Å². The van der Waals surface area contributed by atoms with Gasteiger partial charge in [0.05, 0.1) is 8.31 Å². The van der Waals surface area contributed by atoms with Crippen LogP contribution in [0.15, 0.2) is 0 Å². The van der Waals surface area contributed by atoms with Crippen molar-refractivity contribution in [3.05, 3.63) is 0 Å². The number of hydrogen-bond donors (Lipinski definition) is 0. The molecule has 0 amide bonds. The second-order valence-corrected chi connectivity index (χ2v) is 17.8. The zero-order chi connectivity index (χ0) is 13.8. The van der Waals surface area contributed by atoms with Gasteiger partial charge in [0.15, 0.2) is 7.83 Å². The topological polar surface area (TPSA) is 9.23 Å². The second kappa shape index (κ2) is 7.10. The van der Waals surface area contributed by atoms with Gasteiger partial charge in [-0.25, -0.2) is 0 Å². The maximum Gasteiger partial charge on any atom is 0.182 e. The van der Waals surface area contributed by atoms with Gasteiger partial charge in [0.2, 0.25) is 0 Å². The van der Waals surface area contributed by atoms with E-state index in [4.69, 9.17) is 4.43 Å². The summed E-state index contributed by atoms with van der Waals surface area (Å²) in [5, 5.41) is 0. The molecule has 0 aliphatic heterocycles. The molecule has 0 aliphatic carbocycles. The third kappa shape index (κ3) is 3.68. The molecule has 0 aromatic carbocycles. The highest BCUT2D eigenvalue weighted by Gasteiger charge is 2.51. The predicted molar refractivity (Wildman–Crippen MR) is 83.5 cm³/mol. The first-order valence-electron chi connectivity index (χ1n) is 7.22. The van der Waals surface area contributed by atoms with E-state index in [9.17, 15) is 0 Å². The van der Waals surface area contributed by atoms with Gasteiger partial charge in [-0.1, -0.05) is 66.5 Å². The Morgan fingerprint density at radius 3 is 1.35 bits per heavy atom. The highest BCUT2D eigenvalue weighted by molar-refractivity contribution is 7.32. The standard InChI is InChI=1S/C14H33OSi2/c1-10-15-17(13(6)7,14(8)9)16(11(2)3)12(4)5/h11-14H,10H2,1-9H3. The van der Waals surface area contributed by atoms with Gasteiger partial charge < -0.3 is 4.43 Å². The van der Waals surface area contributed by atoms with Crippen molar-refractivity contribution in [2.45, 2.75) is 84.5 Å². The summed E-state index contributed by atoms with van der Waals surface area (Å²) in [7, 11) is -2.03. The van der Waals surface area contributed by atoms with Crippen LogP contribution in [-0.2, 0) is 4.43 Å². The molecular formula is C14H33OSi2. The molecule has 1 nitrogen and oxygen atoms in total. The van der Waals surface area contributed by atoms with Gasteiger partial charge in [-0.2, -0.15) is 0 Å². The molecule has 103 valence electrons. The van der Waals surface area contributed by atoms with Crippen molar-refractivity contribution in [3.8, 4) is 0 Å². The molecule has 0 heterocycles. The highest BCUT2D eigenvalue weighted by Crippen LogP contribution is 2.42. The van der Waals surface area contributed by atoms with Crippen LogP contribution in [0.5, 0.6) is 0 Å². The van der Waals surface area contributed by atoms with Gasteiger partial charge in [-0.15, -0.1) is 0 Å². The first kappa shape index (κ1) is 17.4. The fourth-order valence-electron chi connectivity index (χ4n) is 3.56. The van der Waals surface area contributed by atoms with Crippen LogP contribution in [-0.4, -0.2) is 22.8 Å². The molecule has 0 bridgehead atoms. The van der Waals surface area contributed by atoms with Gasteiger partial charge >= 0.3 is 0 Å². The number of rotatable bonds is 7. The van der Waals surface area contributed by atoms with Crippen molar-refractivity contribution < 1.29 is 4.43 Å². The largest absolute Gasteiger partial charge is 0.420 e. The molecule has 0 atom stereocenters. The summed E-state index contributed by atoms with van der Waals surface area (Å²) < 4.78 is 6.52. The van der Waals surface area contributed by atoms with Crippen LogP contribution in [0.25, 0.3) is 0 Å². The average molecular weight is 274 g/mol. The Labute approximate surface area is 112 Å². The molecule has 0 aromatic heterocycles. The monoisotopic (exact) mass is 273 g/mol. The minimum absolute atomic E-state index is 0.421. The lowest BCUT2D eigenvalue weighted by molar-refractivity contribution is 0.318. The van der Waals surface area contributed by atoms with Gasteiger partial charge in [0.1, 0.15) is 0 Å². The van der Waals surface area contributed by atoms with Crippen LogP contribution in [0, 0.1) is 0 Å². The van der Waals surface area contributed by atoms with Crippen molar-refractivity contribution in [2.75, 3.05) is 6.61 Å². The SMILES string of the molecule is CCO[Si](C(C)C)(C(C)C)[Si](C(C)C)C(C)C. The van der Waals surface area contributed by atoms with Gasteiger partial charge in [-0.05, 0) is 18.0 Å². The highest BCUT2D eigenvalue weighted by atomic mass is 29.2. The first-order chi connectivity index (χ1) is 7.71. The molecule has 0 unspecified atom stereocenters. The maximum atomic E-state index is 6.52. The fraction of sp³-hybridized carbons (Fsp3) is 1.00. The maximum absolute atomic E-state index is 6.52. The lowest BCUT2D eigenvalue weighted by Gasteiger charge is -2.47. The zero-order valence-corrected chi connectivity index (χ0v) is 15.4. The van der Waals surface area contributed by atoms with Crippen LogP contribution >= 0.6 is 0 Å². The van der Waals surface area contributed by atoms with Gasteiger partial charge in [0, 0.05) is 6.61 Å². The van der Waals surface area contributed by atoms with Gasteiger partial charge in [0.25, 0.3) is 0 Å². The zero-order valence-electron chi connectivity index (χ0n) is 13.4. The Balaban J connectivity index is 5.51. The lowest BCUT2D eigenvalue weighted by Crippen LogP contribution is -2.61. The predicted octanol–water partition coefficient (Wildman–Crippen LogP) is 5.18. The molecule has 1 radical (unpaired) electrons. The third-order valence-corrected chi connectivity index (χ3v) is 21.4. The molecule has 0 fully saturated rings. The summed E-state index contributed by atoms with van der Waals surface area (Å²) in [6.07, 6.45) is 0. The molecule has 0 spiro atoms. The summed E-state index contributed by atoms with van der Waals surface area (Å²) in [4.78, 5) is 0. The molecule has 0 N–H and O–H groups in total. The van der Waals surface area contributed by atoms with Crippen molar-refractivity contribution in [1.82, 2.24) is 0 Å². The normalized spacial score (nSPS) is 13.8. The van der Waals surface area contributed by atoms with E-state index in [-0.39, 0.29) is 0 Å². The summed E-state index contributed by atoms with van der Waals surface area (Å²) in [5.41, 5.74) is 3.12.